The van der Waals surface area contributed by atoms with E-state index >= 15 is 0 Å². The SMILES string of the molecule is CCOC(=O)C(=CNCCCN)c1nc2ccccc2[nH]1. The molecule has 0 radical (unpaired) electrons. The zero-order valence-electron chi connectivity index (χ0n) is 12.1. The number of hydrogen-bond acceptors (Lipinski definition) is 5. The molecule has 0 atom stereocenters. The van der Waals surface area contributed by atoms with E-state index in [4.69, 9.17) is 10.5 Å². The summed E-state index contributed by atoms with van der Waals surface area (Å²) in [4.78, 5) is 19.6. The highest BCUT2D eigenvalue weighted by atomic mass is 16.5. The van der Waals surface area contributed by atoms with Crippen LogP contribution in [0.4, 0.5) is 0 Å². The minimum atomic E-state index is -0.406. The van der Waals surface area contributed by atoms with E-state index in [1.165, 1.54) is 0 Å². The lowest BCUT2D eigenvalue weighted by atomic mass is 10.2. The number of hydrogen-bond donors (Lipinski definition) is 3. The van der Waals surface area contributed by atoms with Gasteiger partial charge >= 0.3 is 5.97 Å². The summed E-state index contributed by atoms with van der Waals surface area (Å²) < 4.78 is 5.08. The molecule has 112 valence electrons. The highest BCUT2D eigenvalue weighted by Gasteiger charge is 2.17. The second-order valence-electron chi connectivity index (χ2n) is 4.48. The smallest absolute Gasteiger partial charge is 0.343 e. The first-order valence-electron chi connectivity index (χ1n) is 7.02. The van der Waals surface area contributed by atoms with E-state index in [2.05, 4.69) is 15.3 Å². The van der Waals surface area contributed by atoms with E-state index in [1.54, 1.807) is 13.1 Å². The molecule has 0 amide bonds. The van der Waals surface area contributed by atoms with Gasteiger partial charge < -0.3 is 20.8 Å². The Morgan fingerprint density at radius 3 is 3.00 bits per heavy atom. The molecule has 0 unspecified atom stereocenters. The molecule has 1 aromatic carbocycles. The number of ether oxygens (including phenoxy) is 1. The highest BCUT2D eigenvalue weighted by Crippen LogP contribution is 2.17. The molecule has 0 fully saturated rings. The number of carbonyl (C=O) groups is 1. The van der Waals surface area contributed by atoms with Crippen molar-refractivity contribution in [3.63, 3.8) is 0 Å². The van der Waals surface area contributed by atoms with Crippen LogP contribution in [0, 0.1) is 0 Å². The van der Waals surface area contributed by atoms with Gasteiger partial charge in [-0.15, -0.1) is 0 Å². The summed E-state index contributed by atoms with van der Waals surface area (Å²) in [5.74, 6) is 0.0895. The molecule has 1 heterocycles. The monoisotopic (exact) mass is 288 g/mol. The number of aromatic amines is 1. The average Bonchev–Trinajstić information content (AvgIpc) is 2.90. The van der Waals surface area contributed by atoms with Gasteiger partial charge in [-0.25, -0.2) is 9.78 Å². The number of aromatic nitrogens is 2. The number of benzene rings is 1. The number of nitrogens with one attached hydrogen (secondary N) is 2. The number of rotatable bonds is 7. The molecule has 2 rings (SSSR count). The normalized spacial score (nSPS) is 11.6. The van der Waals surface area contributed by atoms with Crippen LogP contribution in [-0.4, -0.2) is 35.6 Å². The van der Waals surface area contributed by atoms with Crippen molar-refractivity contribution >= 4 is 22.6 Å². The minimum absolute atomic E-state index is 0.319. The molecular formula is C15H20N4O2. The fourth-order valence-electron chi connectivity index (χ4n) is 1.89. The molecule has 0 aliphatic rings. The standard InChI is InChI=1S/C15H20N4O2/c1-2-21-15(20)11(10-17-9-5-8-16)14-18-12-6-3-4-7-13(12)19-14/h3-4,6-7,10,17H,2,5,8-9,16H2,1H3,(H,18,19). The molecule has 0 aliphatic heterocycles. The number of nitrogens with two attached hydrogens (primary N) is 1. The van der Waals surface area contributed by atoms with E-state index < -0.39 is 5.97 Å². The second-order valence-corrected chi connectivity index (χ2v) is 4.48. The Hall–Kier alpha value is -2.34. The van der Waals surface area contributed by atoms with Gasteiger partial charge in [0.1, 0.15) is 11.4 Å². The summed E-state index contributed by atoms with van der Waals surface area (Å²) in [7, 11) is 0. The maximum absolute atomic E-state index is 12.1. The van der Waals surface area contributed by atoms with Crippen molar-refractivity contribution < 1.29 is 9.53 Å². The van der Waals surface area contributed by atoms with E-state index in [0.717, 1.165) is 17.5 Å². The minimum Gasteiger partial charge on any atom is -0.462 e. The molecule has 4 N–H and O–H groups in total. The Morgan fingerprint density at radius 1 is 1.48 bits per heavy atom. The lowest BCUT2D eigenvalue weighted by Gasteiger charge is -2.05. The van der Waals surface area contributed by atoms with Crippen molar-refractivity contribution in [3.05, 3.63) is 36.3 Å². The van der Waals surface area contributed by atoms with Crippen LogP contribution in [0.25, 0.3) is 16.6 Å². The molecule has 1 aromatic heterocycles. The average molecular weight is 288 g/mol. The van der Waals surface area contributed by atoms with Crippen LogP contribution in [0.2, 0.25) is 0 Å². The van der Waals surface area contributed by atoms with Crippen LogP contribution < -0.4 is 11.1 Å². The van der Waals surface area contributed by atoms with Crippen LogP contribution in [0.3, 0.4) is 0 Å². The van der Waals surface area contributed by atoms with Gasteiger partial charge in [-0.05, 0) is 32.0 Å². The summed E-state index contributed by atoms with van der Waals surface area (Å²) >= 11 is 0. The topological polar surface area (TPSA) is 93.0 Å². The van der Waals surface area contributed by atoms with Crippen molar-refractivity contribution in [2.75, 3.05) is 19.7 Å². The van der Waals surface area contributed by atoms with Crippen LogP contribution in [0.15, 0.2) is 30.5 Å². The van der Waals surface area contributed by atoms with Crippen molar-refractivity contribution in [1.29, 1.82) is 0 Å². The number of H-pyrrole nitrogens is 1. The third-order valence-corrected chi connectivity index (χ3v) is 2.91. The predicted octanol–water partition coefficient (Wildman–Crippen LogP) is 1.41. The highest BCUT2D eigenvalue weighted by molar-refractivity contribution is 6.15. The van der Waals surface area contributed by atoms with Gasteiger partial charge in [-0.2, -0.15) is 0 Å². The van der Waals surface area contributed by atoms with Crippen LogP contribution >= 0.6 is 0 Å². The summed E-state index contributed by atoms with van der Waals surface area (Å²) in [6, 6.07) is 7.62. The van der Waals surface area contributed by atoms with Crippen LogP contribution in [0.5, 0.6) is 0 Å². The number of nitrogens with zero attached hydrogens (tertiary/aromatic N) is 1. The van der Waals surface area contributed by atoms with Crippen LogP contribution in [0.1, 0.15) is 19.2 Å². The molecule has 21 heavy (non-hydrogen) atoms. The van der Waals surface area contributed by atoms with E-state index in [-0.39, 0.29) is 0 Å². The Balaban J connectivity index is 2.26. The van der Waals surface area contributed by atoms with Gasteiger partial charge in [0.2, 0.25) is 0 Å². The van der Waals surface area contributed by atoms with Gasteiger partial charge in [0.15, 0.2) is 0 Å². The summed E-state index contributed by atoms with van der Waals surface area (Å²) in [6.45, 7) is 3.38. The zero-order valence-corrected chi connectivity index (χ0v) is 12.1. The maximum atomic E-state index is 12.1. The Morgan fingerprint density at radius 2 is 2.29 bits per heavy atom. The van der Waals surface area contributed by atoms with Crippen molar-refractivity contribution in [2.45, 2.75) is 13.3 Å². The predicted molar refractivity (Wildman–Crippen MR) is 82.4 cm³/mol. The quantitative estimate of drug-likeness (QED) is 0.407. The van der Waals surface area contributed by atoms with Gasteiger partial charge in [0, 0.05) is 12.7 Å². The van der Waals surface area contributed by atoms with Gasteiger partial charge in [-0.3, -0.25) is 0 Å². The fraction of sp³-hybridized carbons (Fsp3) is 0.333. The third kappa shape index (κ3) is 3.82. The first kappa shape index (κ1) is 15.1. The molecule has 0 saturated heterocycles. The second kappa shape index (κ2) is 7.44. The van der Waals surface area contributed by atoms with Gasteiger partial charge in [0.05, 0.1) is 17.6 Å². The lowest BCUT2D eigenvalue weighted by molar-refractivity contribution is -0.136. The maximum Gasteiger partial charge on any atom is 0.343 e. The van der Waals surface area contributed by atoms with Crippen molar-refractivity contribution in [2.24, 2.45) is 5.73 Å². The number of fused-ring (bicyclic) bond motifs is 1. The molecule has 6 heteroatoms. The number of para-hydroxylation sites is 2. The number of carbonyl (C=O) groups excluding carboxylic acids is 1. The van der Waals surface area contributed by atoms with Crippen molar-refractivity contribution in [1.82, 2.24) is 15.3 Å². The molecule has 6 nitrogen and oxygen atoms in total. The van der Waals surface area contributed by atoms with Crippen molar-refractivity contribution in [3.8, 4) is 0 Å². The number of esters is 1. The zero-order chi connectivity index (χ0) is 15.1. The number of imidazole rings is 1. The van der Waals surface area contributed by atoms with E-state index in [1.807, 2.05) is 24.3 Å². The summed E-state index contributed by atoms with van der Waals surface area (Å²) in [6.07, 6.45) is 2.46. The molecule has 0 spiro atoms. The molecule has 2 aromatic rings. The Labute approximate surface area is 123 Å². The Kier molecular flexibility index (Phi) is 5.34. The van der Waals surface area contributed by atoms with E-state index in [9.17, 15) is 4.79 Å². The van der Waals surface area contributed by atoms with Gasteiger partial charge in [0.25, 0.3) is 0 Å². The first-order valence-corrected chi connectivity index (χ1v) is 7.02. The largest absolute Gasteiger partial charge is 0.462 e. The molecular weight excluding hydrogens is 268 g/mol. The van der Waals surface area contributed by atoms with E-state index in [0.29, 0.717) is 31.1 Å². The third-order valence-electron chi connectivity index (χ3n) is 2.91. The lowest BCUT2D eigenvalue weighted by Crippen LogP contribution is -2.16. The molecule has 0 aliphatic carbocycles. The summed E-state index contributed by atoms with van der Waals surface area (Å²) in [5, 5.41) is 3.07. The van der Waals surface area contributed by atoms with Gasteiger partial charge in [-0.1, -0.05) is 12.1 Å². The first-order chi connectivity index (χ1) is 10.3. The van der Waals surface area contributed by atoms with Crippen LogP contribution in [-0.2, 0) is 9.53 Å². The molecule has 0 saturated carbocycles. The Bertz CT molecular complexity index is 600. The fourth-order valence-corrected chi connectivity index (χ4v) is 1.89. The summed E-state index contributed by atoms with van der Waals surface area (Å²) in [5.41, 5.74) is 7.51. The molecule has 0 bridgehead atoms.